The molecule has 0 saturated carbocycles. The SMILES string of the molecule is Cc1cc2nnc(SCC(=O)Nc3sc4c(c3C(N)=O)CCCC4)n2c2ccc(Cl)cc12. The van der Waals surface area contributed by atoms with Gasteiger partial charge in [-0.05, 0) is 68.0 Å². The summed E-state index contributed by atoms with van der Waals surface area (Å²) >= 11 is 8.93. The third-order valence-corrected chi connectivity index (χ3v) is 8.00. The Balaban J connectivity index is 1.39. The molecule has 0 saturated heterocycles. The lowest BCUT2D eigenvalue weighted by Gasteiger charge is -2.11. The number of nitrogens with zero attached hydrogens (tertiary/aromatic N) is 3. The molecule has 0 spiro atoms. The minimum atomic E-state index is -0.490. The molecule has 1 aliphatic rings. The van der Waals surface area contributed by atoms with E-state index in [9.17, 15) is 9.59 Å². The second-order valence-electron chi connectivity index (χ2n) is 7.78. The van der Waals surface area contributed by atoms with Gasteiger partial charge in [-0.25, -0.2) is 0 Å². The number of thioether (sulfide) groups is 1. The number of carbonyl (C=O) groups excluding carboxylic acids is 2. The van der Waals surface area contributed by atoms with Crippen LogP contribution in [0.15, 0.2) is 29.4 Å². The van der Waals surface area contributed by atoms with Gasteiger partial charge in [-0.2, -0.15) is 0 Å². The van der Waals surface area contributed by atoms with Gasteiger partial charge in [-0.3, -0.25) is 14.0 Å². The molecule has 10 heteroatoms. The summed E-state index contributed by atoms with van der Waals surface area (Å²) < 4.78 is 1.93. The molecule has 4 aromatic rings. The third-order valence-electron chi connectivity index (χ3n) is 5.63. The molecule has 3 N–H and O–H groups in total. The molecule has 0 atom stereocenters. The lowest BCUT2D eigenvalue weighted by atomic mass is 9.95. The first-order valence-corrected chi connectivity index (χ1v) is 12.4. The van der Waals surface area contributed by atoms with Crippen molar-refractivity contribution in [3.63, 3.8) is 0 Å². The van der Waals surface area contributed by atoms with Crippen molar-refractivity contribution in [2.75, 3.05) is 11.1 Å². The number of amides is 2. The van der Waals surface area contributed by atoms with Gasteiger partial charge in [-0.15, -0.1) is 21.5 Å². The van der Waals surface area contributed by atoms with E-state index in [0.29, 0.717) is 26.4 Å². The number of anilines is 1. The summed E-state index contributed by atoms with van der Waals surface area (Å²) in [7, 11) is 0. The molecule has 2 amide bonds. The number of fused-ring (bicyclic) bond motifs is 4. The van der Waals surface area contributed by atoms with E-state index in [1.807, 2.05) is 35.6 Å². The standard InChI is InChI=1S/C22H20ClN5O2S2/c1-11-8-17-26-27-22(28(17)15-7-6-12(23)9-14(11)15)31-10-18(29)25-21-19(20(24)30)13-4-2-3-5-16(13)32-21/h6-9H,2-5,10H2,1H3,(H2,24,30)(H,25,29). The summed E-state index contributed by atoms with van der Waals surface area (Å²) in [6, 6.07) is 7.62. The highest BCUT2D eigenvalue weighted by Crippen LogP contribution is 2.38. The van der Waals surface area contributed by atoms with Gasteiger partial charge >= 0.3 is 0 Å². The van der Waals surface area contributed by atoms with Crippen LogP contribution in [0.25, 0.3) is 16.6 Å². The van der Waals surface area contributed by atoms with Crippen LogP contribution in [0, 0.1) is 6.92 Å². The lowest BCUT2D eigenvalue weighted by Crippen LogP contribution is -2.19. The third kappa shape index (κ3) is 3.74. The van der Waals surface area contributed by atoms with Crippen LogP contribution in [0.2, 0.25) is 5.02 Å². The molecule has 0 radical (unpaired) electrons. The average molecular weight is 486 g/mol. The van der Waals surface area contributed by atoms with E-state index in [1.165, 1.54) is 23.1 Å². The van der Waals surface area contributed by atoms with Crippen molar-refractivity contribution in [1.29, 1.82) is 0 Å². The van der Waals surface area contributed by atoms with Gasteiger partial charge in [0.05, 0.1) is 16.8 Å². The van der Waals surface area contributed by atoms with Crippen molar-refractivity contribution in [2.45, 2.75) is 37.8 Å². The molecule has 0 unspecified atom stereocenters. The number of carbonyl (C=O) groups is 2. The Labute approximate surface area is 197 Å². The van der Waals surface area contributed by atoms with Crippen molar-refractivity contribution in [1.82, 2.24) is 14.6 Å². The topological polar surface area (TPSA) is 102 Å². The fraction of sp³-hybridized carbons (Fsp3) is 0.273. The van der Waals surface area contributed by atoms with Crippen LogP contribution in [-0.2, 0) is 17.6 Å². The molecule has 32 heavy (non-hydrogen) atoms. The first-order chi connectivity index (χ1) is 15.4. The molecule has 3 aromatic heterocycles. The van der Waals surface area contributed by atoms with Gasteiger partial charge in [-0.1, -0.05) is 23.4 Å². The molecule has 5 rings (SSSR count). The molecular formula is C22H20ClN5O2S2. The summed E-state index contributed by atoms with van der Waals surface area (Å²) in [5, 5.41) is 14.3. The number of thiophene rings is 1. The van der Waals surface area contributed by atoms with Crippen LogP contribution in [0.3, 0.4) is 0 Å². The molecule has 1 aliphatic carbocycles. The van der Waals surface area contributed by atoms with Crippen molar-refractivity contribution in [3.05, 3.63) is 50.9 Å². The maximum absolute atomic E-state index is 12.7. The fourth-order valence-corrected chi connectivity index (χ4v) is 6.43. The number of aryl methyl sites for hydroxylation is 2. The van der Waals surface area contributed by atoms with E-state index >= 15 is 0 Å². The number of pyridine rings is 1. The maximum Gasteiger partial charge on any atom is 0.251 e. The van der Waals surface area contributed by atoms with E-state index in [0.717, 1.165) is 52.6 Å². The highest BCUT2D eigenvalue weighted by atomic mass is 35.5. The summed E-state index contributed by atoms with van der Waals surface area (Å²) in [5.41, 5.74) is 9.79. The van der Waals surface area contributed by atoms with Crippen LogP contribution in [0.1, 0.15) is 39.2 Å². The van der Waals surface area contributed by atoms with Crippen LogP contribution in [0.4, 0.5) is 5.00 Å². The molecular weight excluding hydrogens is 466 g/mol. The molecule has 3 heterocycles. The zero-order chi connectivity index (χ0) is 22.4. The predicted octanol–water partition coefficient (Wildman–Crippen LogP) is 4.61. The smallest absolute Gasteiger partial charge is 0.251 e. The Hall–Kier alpha value is -2.62. The number of nitrogens with two attached hydrogens (primary N) is 1. The van der Waals surface area contributed by atoms with Gasteiger partial charge in [0, 0.05) is 15.3 Å². The zero-order valence-corrected chi connectivity index (χ0v) is 19.7. The van der Waals surface area contributed by atoms with Crippen molar-refractivity contribution < 1.29 is 9.59 Å². The average Bonchev–Trinajstić information content (AvgIpc) is 3.33. The minimum absolute atomic E-state index is 0.129. The van der Waals surface area contributed by atoms with Gasteiger partial charge < -0.3 is 11.1 Å². The molecule has 0 bridgehead atoms. The van der Waals surface area contributed by atoms with Crippen molar-refractivity contribution in [3.8, 4) is 0 Å². The summed E-state index contributed by atoms with van der Waals surface area (Å²) in [6.07, 6.45) is 3.88. The Morgan fingerprint density at radius 3 is 2.88 bits per heavy atom. The number of nitrogens with one attached hydrogen (secondary N) is 1. The highest BCUT2D eigenvalue weighted by Gasteiger charge is 2.25. The second-order valence-corrected chi connectivity index (χ2v) is 10.3. The Kier molecular flexibility index (Phi) is 5.56. The molecule has 0 fully saturated rings. The Bertz CT molecular complexity index is 1390. The number of rotatable bonds is 5. The van der Waals surface area contributed by atoms with Crippen LogP contribution in [-0.4, -0.2) is 32.2 Å². The number of hydrogen-bond donors (Lipinski definition) is 2. The van der Waals surface area contributed by atoms with E-state index < -0.39 is 5.91 Å². The van der Waals surface area contributed by atoms with Crippen LogP contribution >= 0.6 is 34.7 Å². The number of primary amides is 1. The summed E-state index contributed by atoms with van der Waals surface area (Å²) in [6.45, 7) is 2.00. The monoisotopic (exact) mass is 485 g/mol. The van der Waals surface area contributed by atoms with E-state index in [1.54, 1.807) is 0 Å². The quantitative estimate of drug-likeness (QED) is 0.402. The zero-order valence-electron chi connectivity index (χ0n) is 17.3. The van der Waals surface area contributed by atoms with E-state index in [2.05, 4.69) is 15.5 Å². The maximum atomic E-state index is 12.7. The predicted molar refractivity (Wildman–Crippen MR) is 129 cm³/mol. The number of hydrogen-bond acceptors (Lipinski definition) is 6. The fourth-order valence-electron chi connectivity index (χ4n) is 4.19. The minimum Gasteiger partial charge on any atom is -0.365 e. The summed E-state index contributed by atoms with van der Waals surface area (Å²) in [5.74, 6) is -0.576. The number of aromatic nitrogens is 3. The van der Waals surface area contributed by atoms with Crippen LogP contribution in [0.5, 0.6) is 0 Å². The summed E-state index contributed by atoms with van der Waals surface area (Å²) in [4.78, 5) is 25.9. The number of halogens is 1. The Morgan fingerprint density at radius 2 is 2.06 bits per heavy atom. The Morgan fingerprint density at radius 1 is 1.25 bits per heavy atom. The van der Waals surface area contributed by atoms with Crippen molar-refractivity contribution in [2.24, 2.45) is 5.73 Å². The normalized spacial score (nSPS) is 13.4. The van der Waals surface area contributed by atoms with Gasteiger partial charge in [0.2, 0.25) is 5.91 Å². The molecule has 7 nitrogen and oxygen atoms in total. The van der Waals surface area contributed by atoms with Crippen molar-refractivity contribution >= 4 is 68.1 Å². The highest BCUT2D eigenvalue weighted by molar-refractivity contribution is 7.99. The van der Waals surface area contributed by atoms with E-state index in [4.69, 9.17) is 17.3 Å². The van der Waals surface area contributed by atoms with Gasteiger partial charge in [0.1, 0.15) is 5.00 Å². The first kappa shape index (κ1) is 21.2. The van der Waals surface area contributed by atoms with Gasteiger partial charge in [0.15, 0.2) is 10.8 Å². The second kappa shape index (κ2) is 8.38. The number of benzene rings is 1. The largest absolute Gasteiger partial charge is 0.365 e. The first-order valence-electron chi connectivity index (χ1n) is 10.2. The molecule has 0 aliphatic heterocycles. The molecule has 1 aromatic carbocycles. The van der Waals surface area contributed by atoms with E-state index in [-0.39, 0.29) is 11.7 Å². The lowest BCUT2D eigenvalue weighted by molar-refractivity contribution is -0.113. The van der Waals surface area contributed by atoms with Gasteiger partial charge in [0.25, 0.3) is 5.91 Å². The molecule has 164 valence electrons. The van der Waals surface area contributed by atoms with Crippen LogP contribution < -0.4 is 11.1 Å².